The summed E-state index contributed by atoms with van der Waals surface area (Å²) in [4.78, 5) is -0.0950. The van der Waals surface area contributed by atoms with Crippen LogP contribution in [0.2, 0.25) is 10.0 Å². The molecule has 10 heteroatoms. The number of nitrogens with one attached hydrogen (secondary N) is 1. The first kappa shape index (κ1) is 16.7. The third-order valence-corrected chi connectivity index (χ3v) is 5.55. The molecule has 0 radical (unpaired) electrons. The Labute approximate surface area is 148 Å². The van der Waals surface area contributed by atoms with E-state index in [0.717, 1.165) is 0 Å². The summed E-state index contributed by atoms with van der Waals surface area (Å²) in [6, 6.07) is 11.1. The number of aromatic nitrogens is 4. The molecule has 1 aromatic heterocycles. The lowest BCUT2D eigenvalue weighted by molar-refractivity contribution is 0.601. The molecule has 0 atom stereocenters. The van der Waals surface area contributed by atoms with Crippen LogP contribution in [0.1, 0.15) is 0 Å². The Morgan fingerprint density at radius 2 is 1.88 bits per heavy atom. The van der Waals surface area contributed by atoms with Gasteiger partial charge in [0.15, 0.2) is 5.82 Å². The predicted molar refractivity (Wildman–Crippen MR) is 91.5 cm³/mol. The maximum Gasteiger partial charge on any atom is 0.263 e. The van der Waals surface area contributed by atoms with Crippen molar-refractivity contribution < 1.29 is 8.42 Å². The molecule has 1 heterocycles. The third kappa shape index (κ3) is 3.21. The Hall–Kier alpha value is -2.16. The summed E-state index contributed by atoms with van der Waals surface area (Å²) in [5.74, 6) is 0.511. The Morgan fingerprint density at radius 1 is 1.12 bits per heavy atom. The van der Waals surface area contributed by atoms with E-state index in [1.165, 1.54) is 22.9 Å². The summed E-state index contributed by atoms with van der Waals surface area (Å²) in [6.07, 6.45) is 0. The lowest BCUT2D eigenvalue weighted by Gasteiger charge is -2.11. The zero-order valence-electron chi connectivity index (χ0n) is 12.3. The highest BCUT2D eigenvalue weighted by atomic mass is 35.5. The van der Waals surface area contributed by atoms with Crippen molar-refractivity contribution in [2.75, 3.05) is 4.72 Å². The van der Waals surface area contributed by atoms with E-state index in [9.17, 15) is 8.42 Å². The molecule has 0 aliphatic rings. The fraction of sp³-hybridized carbons (Fsp3) is 0.0714. The van der Waals surface area contributed by atoms with Crippen molar-refractivity contribution in [3.05, 3.63) is 52.5 Å². The quantitative estimate of drug-likeness (QED) is 0.747. The molecule has 0 saturated heterocycles. The smallest absolute Gasteiger partial charge is 0.263 e. The highest BCUT2D eigenvalue weighted by Crippen LogP contribution is 2.30. The molecule has 0 unspecified atom stereocenters. The number of hydrogen-bond donors (Lipinski definition) is 1. The molecule has 0 saturated carbocycles. The summed E-state index contributed by atoms with van der Waals surface area (Å²) in [5, 5.41) is 11.3. The Bertz CT molecular complexity index is 1000. The van der Waals surface area contributed by atoms with Crippen LogP contribution in [0.3, 0.4) is 0 Å². The second-order valence-electron chi connectivity index (χ2n) is 4.86. The standard InChI is InChI=1S/C14H11Cl2N5O2S/c1-21-14(17-19-20-21)9-4-2-5-10(8-9)18-24(22,23)12-7-3-6-11(15)13(12)16/h2-8,18H,1H3. The highest BCUT2D eigenvalue weighted by Gasteiger charge is 2.20. The number of hydrogen-bond acceptors (Lipinski definition) is 5. The van der Waals surface area contributed by atoms with Crippen LogP contribution < -0.4 is 4.72 Å². The van der Waals surface area contributed by atoms with Gasteiger partial charge >= 0.3 is 0 Å². The number of nitrogens with zero attached hydrogens (tertiary/aromatic N) is 4. The zero-order chi connectivity index (χ0) is 17.3. The van der Waals surface area contributed by atoms with Gasteiger partial charge in [0.25, 0.3) is 10.0 Å². The van der Waals surface area contributed by atoms with Crippen molar-refractivity contribution in [1.82, 2.24) is 20.2 Å². The Kier molecular flexibility index (Phi) is 4.44. The summed E-state index contributed by atoms with van der Waals surface area (Å²) in [7, 11) is -2.19. The average Bonchev–Trinajstić information content (AvgIpc) is 2.96. The van der Waals surface area contributed by atoms with Crippen LogP contribution in [0.5, 0.6) is 0 Å². The van der Waals surface area contributed by atoms with Crippen LogP contribution in [0.15, 0.2) is 47.4 Å². The summed E-state index contributed by atoms with van der Waals surface area (Å²) < 4.78 is 29.0. The van der Waals surface area contributed by atoms with E-state index in [1.807, 2.05) is 0 Å². The number of aryl methyl sites for hydroxylation is 1. The van der Waals surface area contributed by atoms with Gasteiger partial charge in [0.05, 0.1) is 10.0 Å². The monoisotopic (exact) mass is 383 g/mol. The van der Waals surface area contributed by atoms with Gasteiger partial charge in [-0.3, -0.25) is 4.72 Å². The molecule has 0 aliphatic heterocycles. The fourth-order valence-corrected chi connectivity index (χ4v) is 3.91. The van der Waals surface area contributed by atoms with Crippen LogP contribution in [-0.2, 0) is 17.1 Å². The average molecular weight is 384 g/mol. The van der Waals surface area contributed by atoms with Gasteiger partial charge in [-0.05, 0) is 34.7 Å². The van der Waals surface area contributed by atoms with E-state index >= 15 is 0 Å². The highest BCUT2D eigenvalue weighted by molar-refractivity contribution is 7.92. The molecule has 0 fully saturated rings. The van der Waals surface area contributed by atoms with Crippen molar-refractivity contribution in [2.45, 2.75) is 4.90 Å². The largest absolute Gasteiger partial charge is 0.280 e. The van der Waals surface area contributed by atoms with E-state index in [2.05, 4.69) is 20.2 Å². The van der Waals surface area contributed by atoms with Crippen molar-refractivity contribution in [3.63, 3.8) is 0 Å². The molecule has 1 N–H and O–H groups in total. The Morgan fingerprint density at radius 3 is 2.58 bits per heavy atom. The van der Waals surface area contributed by atoms with E-state index in [0.29, 0.717) is 17.1 Å². The molecular formula is C14H11Cl2N5O2S. The van der Waals surface area contributed by atoms with Crippen LogP contribution in [0.4, 0.5) is 5.69 Å². The molecule has 7 nitrogen and oxygen atoms in total. The van der Waals surface area contributed by atoms with Gasteiger partial charge in [-0.2, -0.15) is 0 Å². The van der Waals surface area contributed by atoms with Gasteiger partial charge in [-0.15, -0.1) is 5.10 Å². The van der Waals surface area contributed by atoms with Gasteiger partial charge in [0, 0.05) is 18.3 Å². The maximum atomic E-state index is 12.5. The van der Waals surface area contributed by atoms with Crippen LogP contribution in [0, 0.1) is 0 Å². The van der Waals surface area contributed by atoms with Crippen molar-refractivity contribution in [1.29, 1.82) is 0 Å². The summed E-state index contributed by atoms with van der Waals surface area (Å²) in [6.45, 7) is 0. The molecule has 0 spiro atoms. The van der Waals surface area contributed by atoms with Crippen LogP contribution in [0.25, 0.3) is 11.4 Å². The number of rotatable bonds is 4. The van der Waals surface area contributed by atoms with Crippen molar-refractivity contribution >= 4 is 38.9 Å². The molecule has 2 aromatic carbocycles. The molecule has 3 aromatic rings. The van der Waals surface area contributed by atoms with E-state index < -0.39 is 10.0 Å². The van der Waals surface area contributed by atoms with Crippen molar-refractivity contribution in [2.24, 2.45) is 7.05 Å². The van der Waals surface area contributed by atoms with Gasteiger partial charge in [0.2, 0.25) is 0 Å². The maximum absolute atomic E-state index is 12.5. The number of halogens is 2. The van der Waals surface area contributed by atoms with Crippen LogP contribution in [-0.4, -0.2) is 28.6 Å². The minimum absolute atomic E-state index is 0.0275. The molecule has 0 amide bonds. The summed E-state index contributed by atoms with van der Waals surface area (Å²) in [5.41, 5.74) is 1.02. The first-order chi connectivity index (χ1) is 11.4. The van der Waals surface area contributed by atoms with Gasteiger partial charge in [-0.1, -0.05) is 41.4 Å². The zero-order valence-corrected chi connectivity index (χ0v) is 14.6. The molecule has 124 valence electrons. The van der Waals surface area contributed by atoms with Gasteiger partial charge < -0.3 is 0 Å². The first-order valence-electron chi connectivity index (χ1n) is 6.68. The van der Waals surface area contributed by atoms with E-state index in [1.54, 1.807) is 31.3 Å². The minimum atomic E-state index is -3.89. The number of sulfonamides is 1. The molecule has 3 rings (SSSR count). The number of tetrazole rings is 1. The first-order valence-corrected chi connectivity index (χ1v) is 8.92. The molecule has 24 heavy (non-hydrogen) atoms. The second-order valence-corrected chi connectivity index (χ2v) is 7.30. The van der Waals surface area contributed by atoms with Gasteiger partial charge in [-0.25, -0.2) is 13.1 Å². The topological polar surface area (TPSA) is 89.8 Å². The summed E-state index contributed by atoms with van der Waals surface area (Å²) >= 11 is 11.9. The van der Waals surface area contributed by atoms with Gasteiger partial charge in [0.1, 0.15) is 4.90 Å². The number of benzene rings is 2. The third-order valence-electron chi connectivity index (χ3n) is 3.20. The van der Waals surface area contributed by atoms with Crippen molar-refractivity contribution in [3.8, 4) is 11.4 Å². The molecular weight excluding hydrogens is 373 g/mol. The fourth-order valence-electron chi connectivity index (χ4n) is 2.10. The normalized spacial score (nSPS) is 11.5. The minimum Gasteiger partial charge on any atom is -0.280 e. The SMILES string of the molecule is Cn1nnnc1-c1cccc(NS(=O)(=O)c2cccc(Cl)c2Cl)c1. The second kappa shape index (κ2) is 6.39. The van der Waals surface area contributed by atoms with E-state index in [-0.39, 0.29) is 14.9 Å². The Balaban J connectivity index is 1.96. The van der Waals surface area contributed by atoms with Crippen LogP contribution >= 0.6 is 23.2 Å². The lowest BCUT2D eigenvalue weighted by atomic mass is 10.2. The lowest BCUT2D eigenvalue weighted by Crippen LogP contribution is -2.13. The number of anilines is 1. The molecule has 0 bridgehead atoms. The molecule has 0 aliphatic carbocycles. The predicted octanol–water partition coefficient (Wildman–Crippen LogP) is 2.98. The van der Waals surface area contributed by atoms with E-state index in [4.69, 9.17) is 23.2 Å².